The number of hydrogen-bond donors (Lipinski definition) is 1. The van der Waals surface area contributed by atoms with E-state index in [4.69, 9.17) is 15.2 Å². The Labute approximate surface area is 167 Å². The van der Waals surface area contributed by atoms with E-state index in [1.165, 1.54) is 17.8 Å². The molecule has 1 saturated heterocycles. The molecule has 146 valence electrons. The topological polar surface area (TPSA) is 69.7 Å². The highest BCUT2D eigenvalue weighted by atomic mass is 32.2. The van der Waals surface area contributed by atoms with Crippen molar-refractivity contribution in [2.45, 2.75) is 36.7 Å². The summed E-state index contributed by atoms with van der Waals surface area (Å²) in [6.45, 7) is 2.99. The van der Waals surface area contributed by atoms with E-state index in [1.54, 1.807) is 18.5 Å². The van der Waals surface area contributed by atoms with Crippen LogP contribution in [0.15, 0.2) is 41.7 Å². The Balaban J connectivity index is 1.55. The Kier molecular flexibility index (Phi) is 4.32. The molecule has 1 saturated carbocycles. The first-order valence-corrected chi connectivity index (χ1v) is 10.4. The van der Waals surface area contributed by atoms with Crippen LogP contribution in [0, 0.1) is 11.7 Å². The summed E-state index contributed by atoms with van der Waals surface area (Å²) in [4.78, 5) is 8.68. The molecular formula is C21H22FN3O2S. The monoisotopic (exact) mass is 399 g/mol. The third-order valence-electron chi connectivity index (χ3n) is 5.75. The van der Waals surface area contributed by atoms with E-state index < -0.39 is 4.75 Å². The van der Waals surface area contributed by atoms with Crippen LogP contribution < -0.4 is 10.5 Å². The number of fused-ring (bicyclic) bond motifs is 1. The molecule has 2 aromatic rings. The molecule has 3 atom stereocenters. The molecule has 28 heavy (non-hydrogen) atoms. The van der Waals surface area contributed by atoms with Gasteiger partial charge in [-0.3, -0.25) is 9.98 Å². The van der Waals surface area contributed by atoms with Gasteiger partial charge in [0.25, 0.3) is 0 Å². The first kappa shape index (κ1) is 17.9. The standard InChI is InChI=1S/C21H22FN3O2S/c1-12-18-10-25-20(23)28-21(18,11-26-12)17-7-13(2-5-19(17)22)14-6-16(9-24-8-14)27-15-3-4-15/h2,5-9,12,15,18H,3-4,10-11H2,1H3,(H2,23,25)/t12-,18+,21-/m1/s1. The summed E-state index contributed by atoms with van der Waals surface area (Å²) in [5, 5.41) is 0.486. The molecule has 0 spiro atoms. The summed E-state index contributed by atoms with van der Waals surface area (Å²) in [6, 6.07) is 7.19. The highest BCUT2D eigenvalue weighted by Crippen LogP contribution is 2.53. The zero-order valence-electron chi connectivity index (χ0n) is 15.6. The summed E-state index contributed by atoms with van der Waals surface area (Å²) in [5.74, 6) is 0.590. The van der Waals surface area contributed by atoms with Gasteiger partial charge in [-0.25, -0.2) is 4.39 Å². The van der Waals surface area contributed by atoms with E-state index in [9.17, 15) is 0 Å². The molecule has 1 aliphatic carbocycles. The Morgan fingerprint density at radius 2 is 2.11 bits per heavy atom. The molecule has 7 heteroatoms. The zero-order valence-corrected chi connectivity index (χ0v) is 16.4. The fourth-order valence-electron chi connectivity index (χ4n) is 4.05. The SMILES string of the molecule is C[C@H]1OC[C@]2(c3cc(-c4cncc(OC5CC5)c4)ccc3F)SC(N)=NC[C@@H]12. The van der Waals surface area contributed by atoms with Gasteiger partial charge in [-0.1, -0.05) is 17.8 Å². The van der Waals surface area contributed by atoms with Crippen molar-refractivity contribution in [1.82, 2.24) is 4.98 Å². The number of nitrogens with zero attached hydrogens (tertiary/aromatic N) is 2. The summed E-state index contributed by atoms with van der Waals surface area (Å²) in [5.41, 5.74) is 8.47. The molecular weight excluding hydrogens is 377 g/mol. The molecule has 0 bridgehead atoms. The molecule has 0 amide bonds. The molecule has 3 aliphatic rings. The van der Waals surface area contributed by atoms with Gasteiger partial charge < -0.3 is 15.2 Å². The quantitative estimate of drug-likeness (QED) is 0.849. The Morgan fingerprint density at radius 3 is 2.93 bits per heavy atom. The Bertz CT molecular complexity index is 949. The molecule has 2 aliphatic heterocycles. The van der Waals surface area contributed by atoms with Crippen LogP contribution in [0.4, 0.5) is 4.39 Å². The predicted octanol–water partition coefficient (Wildman–Crippen LogP) is 3.72. The highest BCUT2D eigenvalue weighted by molar-refractivity contribution is 8.14. The van der Waals surface area contributed by atoms with Crippen LogP contribution in [0.25, 0.3) is 11.1 Å². The van der Waals surface area contributed by atoms with Gasteiger partial charge in [0.2, 0.25) is 0 Å². The molecule has 2 fully saturated rings. The maximum Gasteiger partial charge on any atom is 0.154 e. The van der Waals surface area contributed by atoms with Gasteiger partial charge in [0.05, 0.1) is 29.8 Å². The van der Waals surface area contributed by atoms with Crippen molar-refractivity contribution in [3.8, 4) is 16.9 Å². The lowest BCUT2D eigenvalue weighted by Gasteiger charge is -2.37. The van der Waals surface area contributed by atoms with Gasteiger partial charge in [0.1, 0.15) is 11.6 Å². The van der Waals surface area contributed by atoms with Gasteiger partial charge in [-0.05, 0) is 43.5 Å². The molecule has 2 N–H and O–H groups in total. The van der Waals surface area contributed by atoms with Gasteiger partial charge in [0.15, 0.2) is 5.17 Å². The number of aliphatic imine (C=N–C) groups is 1. The van der Waals surface area contributed by atoms with Gasteiger partial charge in [0, 0.05) is 29.8 Å². The summed E-state index contributed by atoms with van der Waals surface area (Å²) < 4.78 is 26.3. The van der Waals surface area contributed by atoms with E-state index in [2.05, 4.69) is 9.98 Å². The minimum atomic E-state index is -0.555. The maximum atomic E-state index is 15.0. The first-order valence-electron chi connectivity index (χ1n) is 9.58. The Morgan fingerprint density at radius 1 is 1.25 bits per heavy atom. The lowest BCUT2D eigenvalue weighted by atomic mass is 9.83. The van der Waals surface area contributed by atoms with Gasteiger partial charge >= 0.3 is 0 Å². The van der Waals surface area contributed by atoms with Crippen molar-refractivity contribution < 1.29 is 13.9 Å². The largest absolute Gasteiger partial charge is 0.489 e. The lowest BCUT2D eigenvalue weighted by Crippen LogP contribution is -2.41. The molecule has 1 aromatic heterocycles. The van der Waals surface area contributed by atoms with Crippen molar-refractivity contribution in [2.24, 2.45) is 16.6 Å². The number of halogens is 1. The van der Waals surface area contributed by atoms with Crippen LogP contribution >= 0.6 is 11.8 Å². The highest BCUT2D eigenvalue weighted by Gasteiger charge is 2.53. The van der Waals surface area contributed by atoms with Crippen molar-refractivity contribution in [1.29, 1.82) is 0 Å². The van der Waals surface area contributed by atoms with Gasteiger partial charge in [-0.15, -0.1) is 0 Å². The van der Waals surface area contributed by atoms with Crippen LogP contribution in [0.3, 0.4) is 0 Å². The number of benzene rings is 1. The van der Waals surface area contributed by atoms with E-state index >= 15 is 4.39 Å². The van der Waals surface area contributed by atoms with E-state index in [0.717, 1.165) is 29.7 Å². The van der Waals surface area contributed by atoms with Crippen molar-refractivity contribution >= 4 is 16.9 Å². The number of thioether (sulfide) groups is 1. The number of aromatic nitrogens is 1. The average molecular weight is 399 g/mol. The number of ether oxygens (including phenoxy) is 2. The van der Waals surface area contributed by atoms with Crippen LogP contribution in [-0.4, -0.2) is 35.5 Å². The van der Waals surface area contributed by atoms with Crippen molar-refractivity contribution in [3.05, 3.63) is 48.0 Å². The van der Waals surface area contributed by atoms with E-state index in [1.807, 2.05) is 19.1 Å². The Hall–Kier alpha value is -2.12. The minimum absolute atomic E-state index is 0.00402. The second-order valence-electron chi connectivity index (χ2n) is 7.71. The molecule has 0 unspecified atom stereocenters. The molecule has 3 heterocycles. The van der Waals surface area contributed by atoms with Crippen LogP contribution in [0.5, 0.6) is 5.75 Å². The summed E-state index contributed by atoms with van der Waals surface area (Å²) >= 11 is 1.42. The normalized spacial score (nSPS) is 29.3. The average Bonchev–Trinajstić information content (AvgIpc) is 3.44. The van der Waals surface area contributed by atoms with Crippen LogP contribution in [0.2, 0.25) is 0 Å². The summed E-state index contributed by atoms with van der Waals surface area (Å²) in [7, 11) is 0. The number of nitrogens with two attached hydrogens (primary N) is 1. The maximum absolute atomic E-state index is 15.0. The van der Waals surface area contributed by atoms with Gasteiger partial charge in [-0.2, -0.15) is 0 Å². The smallest absolute Gasteiger partial charge is 0.154 e. The van der Waals surface area contributed by atoms with Crippen molar-refractivity contribution in [3.63, 3.8) is 0 Å². The predicted molar refractivity (Wildman–Crippen MR) is 108 cm³/mol. The van der Waals surface area contributed by atoms with Crippen molar-refractivity contribution in [2.75, 3.05) is 13.2 Å². The van der Waals surface area contributed by atoms with Crippen LogP contribution in [0.1, 0.15) is 25.3 Å². The third kappa shape index (κ3) is 3.06. The third-order valence-corrected chi connectivity index (χ3v) is 7.10. The second-order valence-corrected chi connectivity index (χ2v) is 9.07. The van der Waals surface area contributed by atoms with E-state index in [-0.39, 0.29) is 17.8 Å². The van der Waals surface area contributed by atoms with E-state index in [0.29, 0.717) is 30.0 Å². The molecule has 5 rings (SSSR count). The lowest BCUT2D eigenvalue weighted by molar-refractivity contribution is 0.107. The molecule has 0 radical (unpaired) electrons. The van der Waals surface area contributed by atoms with Crippen LogP contribution in [-0.2, 0) is 9.48 Å². The molecule has 5 nitrogen and oxygen atoms in total. The number of rotatable bonds is 4. The fraction of sp³-hybridized carbons (Fsp3) is 0.429. The number of amidine groups is 1. The minimum Gasteiger partial charge on any atom is -0.489 e. The summed E-state index contributed by atoms with van der Waals surface area (Å²) in [6.07, 6.45) is 5.99. The fourth-order valence-corrected chi connectivity index (χ4v) is 5.37. The zero-order chi connectivity index (χ0) is 19.3. The molecule has 1 aromatic carbocycles. The number of hydrogen-bond acceptors (Lipinski definition) is 6. The number of pyridine rings is 1. The first-order chi connectivity index (χ1) is 13.5. The second kappa shape index (κ2) is 6.74.